The third kappa shape index (κ3) is 3.11. The molecule has 0 atom stereocenters. The predicted octanol–water partition coefficient (Wildman–Crippen LogP) is 5.14. The zero-order chi connectivity index (χ0) is 20.9. The number of hydrogen-bond donors (Lipinski definition) is 1. The topological polar surface area (TPSA) is 55.6 Å². The highest BCUT2D eigenvalue weighted by Gasteiger charge is 2.44. The molecule has 4 nitrogen and oxygen atoms in total. The smallest absolute Gasteiger partial charge is 0.265 e. The van der Waals surface area contributed by atoms with Crippen LogP contribution >= 0.6 is 22.9 Å². The van der Waals surface area contributed by atoms with Crippen LogP contribution < -0.4 is 10.5 Å². The van der Waals surface area contributed by atoms with Crippen LogP contribution in [0.5, 0.6) is 5.75 Å². The highest BCUT2D eigenvalue weighted by atomic mass is 35.5. The number of ether oxygens (including phenoxy) is 1. The summed E-state index contributed by atoms with van der Waals surface area (Å²) in [5, 5.41) is 1.56. The number of thiophene rings is 1. The number of carbonyl (C=O) groups excluding carboxylic acids is 1. The number of hydrogen-bond acceptors (Lipinski definition) is 4. The van der Waals surface area contributed by atoms with E-state index in [0.29, 0.717) is 36.1 Å². The molecule has 5 rings (SSSR count). The van der Waals surface area contributed by atoms with Crippen molar-refractivity contribution >= 4 is 38.9 Å². The van der Waals surface area contributed by atoms with E-state index >= 15 is 0 Å². The Morgan fingerprint density at radius 1 is 1.20 bits per heavy atom. The van der Waals surface area contributed by atoms with Crippen molar-refractivity contribution < 1.29 is 9.53 Å². The summed E-state index contributed by atoms with van der Waals surface area (Å²) in [7, 11) is 0. The molecule has 3 aromatic rings. The Bertz CT molecular complexity index is 1130. The predicted molar refractivity (Wildman–Crippen MR) is 123 cm³/mol. The standard InChI is InChI=1S/C24H25ClN2O2S/c1-2-15-3-5-17-20(12-15)30-22(21(17)25)23(28)27-9-7-24(8-10-27)14-29-19-6-4-16(13-26)11-18(19)24/h3-6,11-12H,2,7-10,13-14,26H2,1H3. The van der Waals surface area contributed by atoms with E-state index in [2.05, 4.69) is 25.1 Å². The number of nitrogens with two attached hydrogens (primary N) is 1. The van der Waals surface area contributed by atoms with E-state index in [1.807, 2.05) is 23.1 Å². The van der Waals surface area contributed by atoms with Crippen LogP contribution in [0.4, 0.5) is 0 Å². The van der Waals surface area contributed by atoms with Gasteiger partial charge in [-0.1, -0.05) is 42.8 Å². The maximum Gasteiger partial charge on any atom is 0.265 e. The van der Waals surface area contributed by atoms with E-state index in [0.717, 1.165) is 40.7 Å². The number of amides is 1. The van der Waals surface area contributed by atoms with Gasteiger partial charge in [-0.15, -0.1) is 11.3 Å². The van der Waals surface area contributed by atoms with Crippen LogP contribution in [0.3, 0.4) is 0 Å². The van der Waals surface area contributed by atoms with E-state index in [1.165, 1.54) is 22.5 Å². The fourth-order valence-electron chi connectivity index (χ4n) is 4.70. The molecule has 0 saturated carbocycles. The molecule has 2 N–H and O–H groups in total. The maximum absolute atomic E-state index is 13.3. The lowest BCUT2D eigenvalue weighted by Crippen LogP contribution is -2.46. The Labute approximate surface area is 185 Å². The third-order valence-corrected chi connectivity index (χ3v) is 8.30. The zero-order valence-electron chi connectivity index (χ0n) is 17.0. The summed E-state index contributed by atoms with van der Waals surface area (Å²) >= 11 is 8.13. The molecule has 0 aliphatic carbocycles. The number of nitrogens with zero attached hydrogens (tertiary/aromatic N) is 1. The number of likely N-dealkylation sites (tertiary alicyclic amines) is 1. The molecule has 1 fully saturated rings. The first kappa shape index (κ1) is 19.9. The van der Waals surface area contributed by atoms with Crippen molar-refractivity contribution in [3.63, 3.8) is 0 Å². The highest BCUT2D eigenvalue weighted by Crippen LogP contribution is 2.46. The molecular weight excluding hydrogens is 416 g/mol. The van der Waals surface area contributed by atoms with E-state index in [9.17, 15) is 4.79 Å². The number of carbonyl (C=O) groups is 1. The largest absolute Gasteiger partial charge is 0.492 e. The quantitative estimate of drug-likeness (QED) is 0.613. The molecule has 0 unspecified atom stereocenters. The van der Waals surface area contributed by atoms with Crippen LogP contribution in [0, 0.1) is 0 Å². The van der Waals surface area contributed by atoms with Crippen molar-refractivity contribution in [3.8, 4) is 5.75 Å². The normalized spacial score (nSPS) is 17.4. The van der Waals surface area contributed by atoms with Gasteiger partial charge in [-0.3, -0.25) is 4.79 Å². The SMILES string of the molecule is CCc1ccc2c(Cl)c(C(=O)N3CCC4(CC3)COc3ccc(CN)cc34)sc2c1. The first-order chi connectivity index (χ1) is 14.5. The molecule has 1 aromatic heterocycles. The minimum Gasteiger partial charge on any atom is -0.492 e. The molecule has 0 radical (unpaired) electrons. The number of piperidine rings is 1. The first-order valence-electron chi connectivity index (χ1n) is 10.5. The van der Waals surface area contributed by atoms with Crippen LogP contribution in [0.25, 0.3) is 10.1 Å². The Morgan fingerprint density at radius 2 is 1.97 bits per heavy atom. The lowest BCUT2D eigenvalue weighted by atomic mass is 9.74. The summed E-state index contributed by atoms with van der Waals surface area (Å²) in [6, 6.07) is 12.5. The number of halogens is 1. The Kier molecular flexibility index (Phi) is 5.00. The molecule has 2 aromatic carbocycles. The number of rotatable bonds is 3. The third-order valence-electron chi connectivity index (χ3n) is 6.66. The summed E-state index contributed by atoms with van der Waals surface area (Å²) in [6.07, 6.45) is 2.75. The van der Waals surface area contributed by atoms with Gasteiger partial charge < -0.3 is 15.4 Å². The fourth-order valence-corrected chi connectivity index (χ4v) is 6.24. The van der Waals surface area contributed by atoms with Gasteiger partial charge in [0.25, 0.3) is 5.91 Å². The second-order valence-electron chi connectivity index (χ2n) is 8.33. The second kappa shape index (κ2) is 7.56. The Morgan fingerprint density at radius 3 is 2.70 bits per heavy atom. The fraction of sp³-hybridized carbons (Fsp3) is 0.375. The molecular formula is C24H25ClN2O2S. The monoisotopic (exact) mass is 440 g/mol. The lowest BCUT2D eigenvalue weighted by molar-refractivity contribution is 0.0651. The van der Waals surface area contributed by atoms with Crippen LogP contribution in [0.15, 0.2) is 36.4 Å². The lowest BCUT2D eigenvalue weighted by Gasteiger charge is -2.38. The van der Waals surface area contributed by atoms with E-state index < -0.39 is 0 Å². The Balaban J connectivity index is 1.37. The van der Waals surface area contributed by atoms with Gasteiger partial charge in [0.1, 0.15) is 10.6 Å². The van der Waals surface area contributed by atoms with Gasteiger partial charge in [-0.05, 0) is 42.5 Å². The summed E-state index contributed by atoms with van der Waals surface area (Å²) in [5.41, 5.74) is 9.47. The summed E-state index contributed by atoms with van der Waals surface area (Å²) in [4.78, 5) is 15.9. The molecule has 156 valence electrons. The average Bonchev–Trinajstić information content (AvgIpc) is 3.31. The minimum absolute atomic E-state index is 0.0166. The van der Waals surface area contributed by atoms with Crippen LogP contribution in [-0.2, 0) is 18.4 Å². The van der Waals surface area contributed by atoms with Crippen LogP contribution in [-0.4, -0.2) is 30.5 Å². The first-order valence-corrected chi connectivity index (χ1v) is 11.7. The second-order valence-corrected chi connectivity index (χ2v) is 9.76. The molecule has 2 aliphatic rings. The van der Waals surface area contributed by atoms with Crippen molar-refractivity contribution in [1.82, 2.24) is 4.90 Å². The Hall–Kier alpha value is -2.08. The van der Waals surface area contributed by atoms with Crippen molar-refractivity contribution in [2.45, 2.75) is 38.1 Å². The minimum atomic E-state index is -0.0166. The number of aryl methyl sites for hydroxylation is 1. The molecule has 1 spiro atoms. The van der Waals surface area contributed by atoms with Gasteiger partial charge in [0.2, 0.25) is 0 Å². The maximum atomic E-state index is 13.3. The molecule has 2 aliphatic heterocycles. The van der Waals surface area contributed by atoms with Gasteiger partial charge in [-0.25, -0.2) is 0 Å². The van der Waals surface area contributed by atoms with Gasteiger partial charge >= 0.3 is 0 Å². The van der Waals surface area contributed by atoms with Crippen LogP contribution in [0.1, 0.15) is 46.1 Å². The van der Waals surface area contributed by atoms with Crippen molar-refractivity contribution in [3.05, 3.63) is 63.0 Å². The van der Waals surface area contributed by atoms with Crippen LogP contribution in [0.2, 0.25) is 5.02 Å². The molecule has 3 heterocycles. The summed E-state index contributed by atoms with van der Waals surface area (Å²) in [6.45, 7) is 4.76. The highest BCUT2D eigenvalue weighted by molar-refractivity contribution is 7.21. The van der Waals surface area contributed by atoms with Crippen molar-refractivity contribution in [2.24, 2.45) is 5.73 Å². The van der Waals surface area contributed by atoms with Gasteiger partial charge in [-0.2, -0.15) is 0 Å². The molecule has 1 amide bonds. The summed E-state index contributed by atoms with van der Waals surface area (Å²) < 4.78 is 7.08. The average molecular weight is 441 g/mol. The van der Waals surface area contributed by atoms with Gasteiger partial charge in [0, 0.05) is 40.7 Å². The van der Waals surface area contributed by atoms with E-state index in [-0.39, 0.29) is 11.3 Å². The zero-order valence-corrected chi connectivity index (χ0v) is 18.6. The number of benzene rings is 2. The number of fused-ring (bicyclic) bond motifs is 3. The van der Waals surface area contributed by atoms with Gasteiger partial charge in [0.05, 0.1) is 11.6 Å². The van der Waals surface area contributed by atoms with Crippen molar-refractivity contribution in [1.29, 1.82) is 0 Å². The van der Waals surface area contributed by atoms with E-state index in [1.54, 1.807) is 0 Å². The van der Waals surface area contributed by atoms with Gasteiger partial charge in [0.15, 0.2) is 0 Å². The molecule has 0 bridgehead atoms. The summed E-state index contributed by atoms with van der Waals surface area (Å²) in [5.74, 6) is 1.01. The van der Waals surface area contributed by atoms with Crippen molar-refractivity contribution in [2.75, 3.05) is 19.7 Å². The molecule has 6 heteroatoms. The molecule has 1 saturated heterocycles. The molecule has 30 heavy (non-hydrogen) atoms. The van der Waals surface area contributed by atoms with E-state index in [4.69, 9.17) is 22.1 Å².